The minimum atomic E-state index is -0.689. The molecule has 3 saturated heterocycles. The van der Waals surface area contributed by atoms with Crippen LogP contribution in [-0.2, 0) is 14.3 Å². The zero-order chi connectivity index (χ0) is 19.5. The number of methoxy groups -OCH3 is 1. The molecule has 2 bridgehead atoms. The van der Waals surface area contributed by atoms with Gasteiger partial charge >= 0.3 is 5.97 Å². The molecule has 0 saturated carbocycles. The molecule has 0 spiro atoms. The minimum absolute atomic E-state index is 0.0384. The topological polar surface area (TPSA) is 82.4 Å². The Morgan fingerprint density at radius 2 is 2.15 bits per heavy atom. The number of hydrogen-bond acceptors (Lipinski definition) is 6. The summed E-state index contributed by atoms with van der Waals surface area (Å²) in [4.78, 5) is 27.8. The molecule has 3 heterocycles. The number of likely N-dealkylation sites (N-methyl/N-ethyl adjacent to an activating group) is 1. The van der Waals surface area contributed by atoms with Gasteiger partial charge in [0.15, 0.2) is 5.78 Å². The van der Waals surface area contributed by atoms with Crippen molar-refractivity contribution in [1.29, 1.82) is 5.26 Å². The summed E-state index contributed by atoms with van der Waals surface area (Å²) in [7, 11) is 3.18. The van der Waals surface area contributed by atoms with Gasteiger partial charge in [-0.25, -0.2) is 0 Å². The lowest BCUT2D eigenvalue weighted by atomic mass is 9.73. The Hall–Kier alpha value is -1.65. The molecular weight excluding hydrogens is 389 g/mol. The second-order valence-electron chi connectivity index (χ2n) is 7.44. The summed E-state index contributed by atoms with van der Waals surface area (Å²) in [6, 6.07) is 5.96. The van der Waals surface area contributed by atoms with Crippen LogP contribution in [0.3, 0.4) is 0 Å². The van der Waals surface area contributed by atoms with Crippen molar-refractivity contribution in [3.63, 3.8) is 0 Å². The molecule has 0 aliphatic carbocycles. The first kappa shape index (κ1) is 18.7. The molecular formula is C19H19Cl2N3O3. The molecule has 27 heavy (non-hydrogen) atoms. The number of piperidine rings is 1. The van der Waals surface area contributed by atoms with Crippen molar-refractivity contribution < 1.29 is 14.3 Å². The van der Waals surface area contributed by atoms with Crippen molar-refractivity contribution >= 4 is 35.0 Å². The number of esters is 1. The predicted molar refractivity (Wildman–Crippen MR) is 99.2 cm³/mol. The third-order valence-corrected chi connectivity index (χ3v) is 7.19. The number of carbonyl (C=O) groups is 2. The van der Waals surface area contributed by atoms with Crippen molar-refractivity contribution in [3.8, 4) is 6.07 Å². The van der Waals surface area contributed by atoms with Crippen LogP contribution in [0, 0.1) is 29.1 Å². The number of fused-ring (bicyclic) bond motifs is 4. The van der Waals surface area contributed by atoms with Gasteiger partial charge in [-0.05, 0) is 25.1 Å². The van der Waals surface area contributed by atoms with Gasteiger partial charge in [-0.15, -0.1) is 0 Å². The van der Waals surface area contributed by atoms with Crippen LogP contribution >= 0.6 is 23.2 Å². The number of benzene rings is 1. The van der Waals surface area contributed by atoms with Gasteiger partial charge in [0, 0.05) is 23.9 Å². The van der Waals surface area contributed by atoms with Crippen molar-refractivity contribution in [1.82, 2.24) is 10.2 Å². The van der Waals surface area contributed by atoms with E-state index < -0.39 is 24.0 Å². The average Bonchev–Trinajstić information content (AvgIpc) is 3.16. The third kappa shape index (κ3) is 2.60. The van der Waals surface area contributed by atoms with Crippen LogP contribution in [0.4, 0.5) is 0 Å². The molecule has 1 N–H and O–H groups in total. The van der Waals surface area contributed by atoms with E-state index in [9.17, 15) is 14.9 Å². The van der Waals surface area contributed by atoms with Gasteiger partial charge in [0.2, 0.25) is 0 Å². The maximum Gasteiger partial charge on any atom is 0.323 e. The molecule has 0 aromatic heterocycles. The molecule has 0 amide bonds. The molecule has 3 fully saturated rings. The Bertz CT molecular complexity index is 855. The fraction of sp³-hybridized carbons (Fsp3) is 0.526. The van der Waals surface area contributed by atoms with Crippen LogP contribution in [0.5, 0.6) is 0 Å². The fourth-order valence-corrected chi connectivity index (χ4v) is 5.67. The predicted octanol–water partition coefficient (Wildman–Crippen LogP) is 2.21. The minimum Gasteiger partial charge on any atom is -0.468 e. The van der Waals surface area contributed by atoms with Crippen molar-refractivity contribution in [3.05, 3.63) is 33.8 Å². The maximum atomic E-state index is 13.4. The summed E-state index contributed by atoms with van der Waals surface area (Å²) in [6.07, 6.45) is 0.493. The van der Waals surface area contributed by atoms with Gasteiger partial charge in [-0.1, -0.05) is 35.3 Å². The number of nitriles is 1. The normalized spacial score (nSPS) is 37.7. The number of ketones is 1. The van der Waals surface area contributed by atoms with Gasteiger partial charge in [-0.3, -0.25) is 19.8 Å². The quantitative estimate of drug-likeness (QED) is 0.756. The monoisotopic (exact) mass is 407 g/mol. The number of rotatable bonds is 2. The van der Waals surface area contributed by atoms with Crippen molar-refractivity contribution in [2.45, 2.75) is 30.6 Å². The van der Waals surface area contributed by atoms with E-state index in [2.05, 4.69) is 11.4 Å². The molecule has 0 radical (unpaired) electrons. The molecule has 3 aliphatic rings. The Kier molecular flexibility index (Phi) is 4.68. The third-order valence-electron chi connectivity index (χ3n) is 6.36. The average molecular weight is 408 g/mol. The molecule has 0 unspecified atom stereocenters. The first-order chi connectivity index (χ1) is 12.9. The molecule has 142 valence electrons. The number of nitrogens with zero attached hydrogens (tertiary/aromatic N) is 2. The van der Waals surface area contributed by atoms with Crippen LogP contribution in [-0.4, -0.2) is 48.9 Å². The zero-order valence-corrected chi connectivity index (χ0v) is 16.4. The summed E-state index contributed by atoms with van der Waals surface area (Å²) in [6.45, 7) is 0. The lowest BCUT2D eigenvalue weighted by Crippen LogP contribution is -2.56. The first-order valence-electron chi connectivity index (χ1n) is 8.83. The Morgan fingerprint density at radius 1 is 1.41 bits per heavy atom. The number of Topliss-reactive ketones (excluding diaryl/α,β-unsaturated/α-hetero) is 1. The second-order valence-corrected chi connectivity index (χ2v) is 8.22. The summed E-state index contributed by atoms with van der Waals surface area (Å²) < 4.78 is 4.99. The molecule has 1 aromatic carbocycles. The maximum absolute atomic E-state index is 13.4. The highest BCUT2D eigenvalue weighted by atomic mass is 35.5. The van der Waals surface area contributed by atoms with Crippen LogP contribution < -0.4 is 5.32 Å². The summed E-state index contributed by atoms with van der Waals surface area (Å²) in [5.41, 5.74) is 0.691. The molecule has 1 aromatic rings. The number of hydrogen-bond donors (Lipinski definition) is 1. The summed E-state index contributed by atoms with van der Waals surface area (Å²) in [5, 5.41) is 13.7. The number of ether oxygens (including phenoxy) is 1. The standard InChI is InChI=1S/C19H19Cl2N3O3/c1-24-11-6-8(7-22)17(24)12-13(18(11)25)15(23-16(12)19(26)27-2)9-4-3-5-10(20)14(9)21/h3-5,8,11-13,15-17,23H,6H2,1-2H3/t8-,11+,12+,13-,15+,16+,17+/m0/s1. The molecule has 3 aliphatic heterocycles. The molecule has 7 atom stereocenters. The van der Waals surface area contributed by atoms with Gasteiger partial charge in [0.05, 0.1) is 35.2 Å². The molecule has 8 heteroatoms. The van der Waals surface area contributed by atoms with E-state index in [1.807, 2.05) is 18.0 Å². The fourth-order valence-electron chi connectivity index (χ4n) is 5.24. The van der Waals surface area contributed by atoms with Crippen LogP contribution in [0.1, 0.15) is 18.0 Å². The lowest BCUT2D eigenvalue weighted by molar-refractivity contribution is -0.146. The zero-order valence-electron chi connectivity index (χ0n) is 14.9. The second kappa shape index (κ2) is 6.75. The van der Waals surface area contributed by atoms with E-state index in [4.69, 9.17) is 27.9 Å². The van der Waals surface area contributed by atoms with E-state index in [0.29, 0.717) is 22.0 Å². The Balaban J connectivity index is 1.84. The van der Waals surface area contributed by atoms with E-state index in [0.717, 1.165) is 0 Å². The lowest BCUT2D eigenvalue weighted by Gasteiger charge is -2.41. The highest BCUT2D eigenvalue weighted by Gasteiger charge is 2.64. The number of carbonyl (C=O) groups excluding carboxylic acids is 2. The van der Waals surface area contributed by atoms with E-state index in [1.165, 1.54) is 7.11 Å². The SMILES string of the molecule is COC(=O)[C@@H]1N[C@H](c2cccc(Cl)c2Cl)[C@H]2C(=O)[C@H]3C[C@@H](C#N)[C@H]([C@H]21)N3C. The van der Waals surface area contributed by atoms with Crippen molar-refractivity contribution in [2.75, 3.05) is 14.2 Å². The highest BCUT2D eigenvalue weighted by Crippen LogP contribution is 2.52. The van der Waals surface area contributed by atoms with Gasteiger partial charge in [-0.2, -0.15) is 5.26 Å². The first-order valence-corrected chi connectivity index (χ1v) is 9.59. The summed E-state index contributed by atoms with van der Waals surface area (Å²) in [5.74, 6) is -1.53. The number of halogens is 2. The molecule has 4 rings (SSSR count). The van der Waals surface area contributed by atoms with Crippen molar-refractivity contribution in [2.24, 2.45) is 17.8 Å². The van der Waals surface area contributed by atoms with Gasteiger partial charge in [0.1, 0.15) is 6.04 Å². The summed E-state index contributed by atoms with van der Waals surface area (Å²) >= 11 is 12.6. The number of nitrogens with one attached hydrogen (secondary N) is 1. The van der Waals surface area contributed by atoms with E-state index in [1.54, 1.807) is 12.1 Å². The van der Waals surface area contributed by atoms with Gasteiger partial charge < -0.3 is 4.74 Å². The van der Waals surface area contributed by atoms with E-state index in [-0.39, 0.29) is 29.7 Å². The molecule has 6 nitrogen and oxygen atoms in total. The van der Waals surface area contributed by atoms with E-state index >= 15 is 0 Å². The van der Waals surface area contributed by atoms with Crippen LogP contribution in [0.25, 0.3) is 0 Å². The van der Waals surface area contributed by atoms with Gasteiger partial charge in [0.25, 0.3) is 0 Å². The Labute approximate surface area is 167 Å². The van der Waals surface area contributed by atoms with Crippen LogP contribution in [0.15, 0.2) is 18.2 Å². The van der Waals surface area contributed by atoms with Crippen LogP contribution in [0.2, 0.25) is 10.0 Å². The largest absolute Gasteiger partial charge is 0.468 e. The smallest absolute Gasteiger partial charge is 0.323 e. The highest BCUT2D eigenvalue weighted by molar-refractivity contribution is 6.42. The Morgan fingerprint density at radius 3 is 2.81 bits per heavy atom.